The average Bonchev–Trinajstić information content (AvgIpc) is 2.55. The zero-order valence-electron chi connectivity index (χ0n) is 13.3. The normalized spacial score (nSPS) is 15.2. The van der Waals surface area contributed by atoms with Crippen molar-refractivity contribution in [2.45, 2.75) is 13.8 Å². The van der Waals surface area contributed by atoms with Crippen LogP contribution in [-0.2, 0) is 9.53 Å². The van der Waals surface area contributed by atoms with E-state index < -0.39 is 5.82 Å². The van der Waals surface area contributed by atoms with Crippen LogP contribution in [0.2, 0.25) is 0 Å². The van der Waals surface area contributed by atoms with Gasteiger partial charge in [0.1, 0.15) is 11.3 Å². The molecule has 1 fully saturated rings. The quantitative estimate of drug-likeness (QED) is 0.946. The Labute approximate surface area is 134 Å². The molecule has 0 unspecified atom stereocenters. The van der Waals surface area contributed by atoms with Crippen molar-refractivity contribution in [3.05, 3.63) is 30.1 Å². The standard InChI is InChI=1S/C17H20FN3O2/c1-11(2)17(22)19-13-9-12-3-4-15(20-16(12)14(18)10-13)21-5-7-23-8-6-21/h3-4,9-11H,5-8H2,1-2H3,(H,19,22). The molecule has 1 aliphatic rings. The third-order valence-electron chi connectivity index (χ3n) is 3.86. The van der Waals surface area contributed by atoms with Crippen molar-refractivity contribution in [1.29, 1.82) is 0 Å². The number of morpholine rings is 1. The zero-order chi connectivity index (χ0) is 16.4. The van der Waals surface area contributed by atoms with Crippen molar-refractivity contribution >= 4 is 28.3 Å². The van der Waals surface area contributed by atoms with E-state index in [1.54, 1.807) is 19.9 Å². The third-order valence-corrected chi connectivity index (χ3v) is 3.86. The molecule has 0 aliphatic carbocycles. The van der Waals surface area contributed by atoms with Crippen molar-refractivity contribution in [3.63, 3.8) is 0 Å². The molecule has 0 atom stereocenters. The van der Waals surface area contributed by atoms with Gasteiger partial charge in [0.25, 0.3) is 0 Å². The number of aromatic nitrogens is 1. The zero-order valence-corrected chi connectivity index (χ0v) is 13.3. The molecule has 2 aromatic rings. The number of rotatable bonds is 3. The summed E-state index contributed by atoms with van der Waals surface area (Å²) in [6.07, 6.45) is 0. The maximum Gasteiger partial charge on any atom is 0.226 e. The molecule has 0 spiro atoms. The van der Waals surface area contributed by atoms with E-state index in [0.29, 0.717) is 29.8 Å². The molecule has 1 aromatic heterocycles. The van der Waals surface area contributed by atoms with Gasteiger partial charge >= 0.3 is 0 Å². The summed E-state index contributed by atoms with van der Waals surface area (Å²) in [7, 11) is 0. The summed E-state index contributed by atoms with van der Waals surface area (Å²) in [6, 6.07) is 6.77. The first kappa shape index (κ1) is 15.7. The molecule has 1 aromatic carbocycles. The second-order valence-corrected chi connectivity index (χ2v) is 5.94. The highest BCUT2D eigenvalue weighted by Gasteiger charge is 2.15. The number of anilines is 2. The Morgan fingerprint density at radius 1 is 1.30 bits per heavy atom. The number of ether oxygens (including phenoxy) is 1. The molecule has 1 N–H and O–H groups in total. The maximum atomic E-state index is 14.4. The highest BCUT2D eigenvalue weighted by atomic mass is 19.1. The lowest BCUT2D eigenvalue weighted by Gasteiger charge is -2.28. The lowest BCUT2D eigenvalue weighted by molar-refractivity contribution is -0.118. The van der Waals surface area contributed by atoms with Crippen LogP contribution in [-0.4, -0.2) is 37.2 Å². The second kappa shape index (κ2) is 6.50. The van der Waals surface area contributed by atoms with Gasteiger partial charge < -0.3 is 15.0 Å². The number of halogens is 1. The number of benzene rings is 1. The van der Waals surface area contributed by atoms with E-state index in [4.69, 9.17) is 4.74 Å². The molecule has 5 nitrogen and oxygen atoms in total. The molecule has 6 heteroatoms. The van der Waals surface area contributed by atoms with Crippen LogP contribution in [0.5, 0.6) is 0 Å². The van der Waals surface area contributed by atoms with E-state index in [0.717, 1.165) is 18.9 Å². The molecule has 23 heavy (non-hydrogen) atoms. The molecular weight excluding hydrogens is 297 g/mol. The number of nitrogens with zero attached hydrogens (tertiary/aromatic N) is 2. The number of hydrogen-bond donors (Lipinski definition) is 1. The van der Waals surface area contributed by atoms with Gasteiger partial charge in [0.05, 0.1) is 13.2 Å². The summed E-state index contributed by atoms with van der Waals surface area (Å²) in [5, 5.41) is 3.39. The van der Waals surface area contributed by atoms with Crippen molar-refractivity contribution in [1.82, 2.24) is 4.98 Å². The molecule has 122 valence electrons. The fourth-order valence-corrected chi connectivity index (χ4v) is 2.51. The molecule has 0 bridgehead atoms. The predicted molar refractivity (Wildman–Crippen MR) is 88.2 cm³/mol. The molecule has 1 saturated heterocycles. The predicted octanol–water partition coefficient (Wildman–Crippen LogP) is 2.81. The van der Waals surface area contributed by atoms with Gasteiger partial charge in [0, 0.05) is 30.1 Å². The van der Waals surface area contributed by atoms with Crippen LogP contribution in [0.25, 0.3) is 10.9 Å². The first-order valence-electron chi connectivity index (χ1n) is 7.78. The van der Waals surface area contributed by atoms with E-state index in [2.05, 4.69) is 15.2 Å². The lowest BCUT2D eigenvalue weighted by atomic mass is 10.1. The van der Waals surface area contributed by atoms with Crippen molar-refractivity contribution in [3.8, 4) is 0 Å². The van der Waals surface area contributed by atoms with Gasteiger partial charge in [-0.05, 0) is 24.3 Å². The SMILES string of the molecule is CC(C)C(=O)Nc1cc(F)c2nc(N3CCOCC3)ccc2c1. The number of fused-ring (bicyclic) bond motifs is 1. The first-order valence-corrected chi connectivity index (χ1v) is 7.78. The van der Waals surface area contributed by atoms with E-state index in [-0.39, 0.29) is 11.8 Å². The Balaban J connectivity index is 1.91. The Bertz CT molecular complexity index is 727. The van der Waals surface area contributed by atoms with Crippen molar-refractivity contribution in [2.75, 3.05) is 36.5 Å². The molecule has 2 heterocycles. The van der Waals surface area contributed by atoms with Crippen LogP contribution in [0, 0.1) is 11.7 Å². The maximum absolute atomic E-state index is 14.4. The molecule has 3 rings (SSSR count). The van der Waals surface area contributed by atoms with E-state index in [1.165, 1.54) is 6.07 Å². The number of carbonyl (C=O) groups excluding carboxylic acids is 1. The topological polar surface area (TPSA) is 54.5 Å². The van der Waals surface area contributed by atoms with Crippen LogP contribution in [0.1, 0.15) is 13.8 Å². The van der Waals surface area contributed by atoms with Crippen molar-refractivity contribution < 1.29 is 13.9 Å². The van der Waals surface area contributed by atoms with Crippen LogP contribution >= 0.6 is 0 Å². The van der Waals surface area contributed by atoms with Crippen LogP contribution in [0.3, 0.4) is 0 Å². The fraction of sp³-hybridized carbons (Fsp3) is 0.412. The van der Waals surface area contributed by atoms with Gasteiger partial charge in [-0.15, -0.1) is 0 Å². The minimum absolute atomic E-state index is 0.137. The number of nitrogens with one attached hydrogen (secondary N) is 1. The van der Waals surface area contributed by atoms with Crippen LogP contribution in [0.4, 0.5) is 15.9 Å². The Morgan fingerprint density at radius 3 is 2.74 bits per heavy atom. The highest BCUT2D eigenvalue weighted by molar-refractivity contribution is 5.95. The van der Waals surface area contributed by atoms with Gasteiger partial charge in [-0.1, -0.05) is 13.8 Å². The highest BCUT2D eigenvalue weighted by Crippen LogP contribution is 2.25. The summed E-state index contributed by atoms with van der Waals surface area (Å²) >= 11 is 0. The first-order chi connectivity index (χ1) is 11.0. The average molecular weight is 317 g/mol. The molecule has 0 saturated carbocycles. The fourth-order valence-electron chi connectivity index (χ4n) is 2.51. The molecule has 1 amide bonds. The summed E-state index contributed by atoms with van der Waals surface area (Å²) < 4.78 is 19.7. The van der Waals surface area contributed by atoms with E-state index in [1.807, 2.05) is 12.1 Å². The second-order valence-electron chi connectivity index (χ2n) is 5.94. The van der Waals surface area contributed by atoms with Crippen LogP contribution in [0.15, 0.2) is 24.3 Å². The number of amides is 1. The van der Waals surface area contributed by atoms with E-state index >= 15 is 0 Å². The Morgan fingerprint density at radius 2 is 2.04 bits per heavy atom. The third kappa shape index (κ3) is 3.42. The van der Waals surface area contributed by atoms with Gasteiger partial charge in [-0.2, -0.15) is 0 Å². The largest absolute Gasteiger partial charge is 0.378 e. The molecule has 1 aliphatic heterocycles. The van der Waals surface area contributed by atoms with Gasteiger partial charge in [-0.25, -0.2) is 9.37 Å². The van der Waals surface area contributed by atoms with Gasteiger partial charge in [0.2, 0.25) is 5.91 Å². The minimum Gasteiger partial charge on any atom is -0.378 e. The number of carbonyl (C=O) groups is 1. The molecular formula is C17H20FN3O2. The Kier molecular flexibility index (Phi) is 4.43. The van der Waals surface area contributed by atoms with Gasteiger partial charge in [-0.3, -0.25) is 4.79 Å². The summed E-state index contributed by atoms with van der Waals surface area (Å²) in [6.45, 7) is 6.40. The van der Waals surface area contributed by atoms with Gasteiger partial charge in [0.15, 0.2) is 5.82 Å². The van der Waals surface area contributed by atoms with E-state index in [9.17, 15) is 9.18 Å². The molecule has 0 radical (unpaired) electrons. The smallest absolute Gasteiger partial charge is 0.226 e. The Hall–Kier alpha value is -2.21. The summed E-state index contributed by atoms with van der Waals surface area (Å²) in [5.74, 6) is 0.0209. The number of pyridine rings is 1. The van der Waals surface area contributed by atoms with Crippen molar-refractivity contribution in [2.24, 2.45) is 5.92 Å². The monoisotopic (exact) mass is 317 g/mol. The summed E-state index contributed by atoms with van der Waals surface area (Å²) in [4.78, 5) is 18.3. The summed E-state index contributed by atoms with van der Waals surface area (Å²) in [5.41, 5.74) is 0.770. The lowest BCUT2D eigenvalue weighted by Crippen LogP contribution is -2.36. The number of hydrogen-bond acceptors (Lipinski definition) is 4. The van der Waals surface area contributed by atoms with Crippen LogP contribution < -0.4 is 10.2 Å². The minimum atomic E-state index is -0.434.